The Balaban J connectivity index is 5.28. The van der Waals surface area contributed by atoms with E-state index in [9.17, 15) is 34.2 Å². The van der Waals surface area contributed by atoms with Gasteiger partial charge in [0.25, 0.3) is 0 Å². The maximum Gasteiger partial charge on any atom is 0.326 e. The standard InChI is InChI=1S/C18H33N5O7S/c1-4-9(2)14(17(28)21-11(18(29)30)5-6-31-3)23-16(27)12(8-24)22-15(26)10(19)7-13(20)25/h9-12,14,24H,4-8,19H2,1-3H3,(H2,20,25)(H,21,28)(H,22,26)(H,23,27)(H,29,30). The number of aliphatic hydroxyl groups excluding tert-OH is 1. The van der Waals surface area contributed by atoms with Crippen LogP contribution in [0.15, 0.2) is 0 Å². The molecule has 0 spiro atoms. The van der Waals surface area contributed by atoms with Gasteiger partial charge in [0, 0.05) is 0 Å². The Kier molecular flexibility index (Phi) is 13.5. The summed E-state index contributed by atoms with van der Waals surface area (Å²) in [7, 11) is 0. The smallest absolute Gasteiger partial charge is 0.326 e. The molecule has 0 aliphatic rings. The van der Waals surface area contributed by atoms with E-state index in [1.807, 2.05) is 6.26 Å². The van der Waals surface area contributed by atoms with E-state index in [-0.39, 0.29) is 12.3 Å². The van der Waals surface area contributed by atoms with Crippen molar-refractivity contribution in [3.63, 3.8) is 0 Å². The number of hydrogen-bond donors (Lipinski definition) is 7. The van der Waals surface area contributed by atoms with Gasteiger partial charge in [-0.05, 0) is 24.3 Å². The number of nitrogens with one attached hydrogen (secondary N) is 3. The minimum Gasteiger partial charge on any atom is -0.480 e. The van der Waals surface area contributed by atoms with Gasteiger partial charge in [-0.3, -0.25) is 19.2 Å². The third-order valence-corrected chi connectivity index (χ3v) is 5.24. The summed E-state index contributed by atoms with van der Waals surface area (Å²) in [4.78, 5) is 59.6. The summed E-state index contributed by atoms with van der Waals surface area (Å²) in [6, 6.07) is -4.96. The number of carbonyl (C=O) groups is 5. The third-order valence-electron chi connectivity index (χ3n) is 4.59. The van der Waals surface area contributed by atoms with E-state index in [2.05, 4.69) is 16.0 Å². The molecule has 0 aliphatic carbocycles. The van der Waals surface area contributed by atoms with Crippen molar-refractivity contribution in [2.75, 3.05) is 18.6 Å². The predicted octanol–water partition coefficient (Wildman–Crippen LogP) is -2.48. The van der Waals surface area contributed by atoms with Crippen molar-refractivity contribution in [3.8, 4) is 0 Å². The zero-order valence-electron chi connectivity index (χ0n) is 17.9. The highest BCUT2D eigenvalue weighted by atomic mass is 32.2. The number of amides is 4. The van der Waals surface area contributed by atoms with Gasteiger partial charge in [-0.15, -0.1) is 0 Å². The number of thioether (sulfide) groups is 1. The zero-order chi connectivity index (χ0) is 24.1. The average molecular weight is 464 g/mol. The fraction of sp³-hybridized carbons (Fsp3) is 0.722. The molecule has 5 unspecified atom stereocenters. The van der Waals surface area contributed by atoms with Crippen LogP contribution in [0.3, 0.4) is 0 Å². The van der Waals surface area contributed by atoms with Crippen LogP contribution in [0.5, 0.6) is 0 Å². The van der Waals surface area contributed by atoms with Crippen LogP contribution in [0, 0.1) is 5.92 Å². The van der Waals surface area contributed by atoms with Crippen molar-refractivity contribution in [1.82, 2.24) is 16.0 Å². The monoisotopic (exact) mass is 463 g/mol. The molecule has 0 aliphatic heterocycles. The maximum absolute atomic E-state index is 12.7. The van der Waals surface area contributed by atoms with E-state index in [0.29, 0.717) is 12.2 Å². The number of primary amides is 1. The number of carboxylic acids is 1. The fourth-order valence-corrected chi connectivity index (χ4v) is 2.96. The average Bonchev–Trinajstić information content (AvgIpc) is 2.71. The Bertz CT molecular complexity index is 649. The summed E-state index contributed by atoms with van der Waals surface area (Å²) in [5.74, 6) is -4.28. The predicted molar refractivity (Wildman–Crippen MR) is 115 cm³/mol. The molecule has 9 N–H and O–H groups in total. The molecule has 0 saturated heterocycles. The lowest BCUT2D eigenvalue weighted by molar-refractivity contribution is -0.142. The van der Waals surface area contributed by atoms with Crippen LogP contribution in [0.4, 0.5) is 0 Å². The van der Waals surface area contributed by atoms with Crippen LogP contribution in [0.25, 0.3) is 0 Å². The van der Waals surface area contributed by atoms with Crippen LogP contribution in [-0.4, -0.2) is 82.6 Å². The first kappa shape index (κ1) is 28.6. The molecule has 0 bridgehead atoms. The number of aliphatic hydroxyl groups is 1. The SMILES string of the molecule is CCC(C)C(NC(=O)C(CO)NC(=O)C(N)CC(N)=O)C(=O)NC(CCSC)C(=O)O. The summed E-state index contributed by atoms with van der Waals surface area (Å²) < 4.78 is 0. The van der Waals surface area contributed by atoms with Gasteiger partial charge in [0.2, 0.25) is 23.6 Å². The van der Waals surface area contributed by atoms with E-state index >= 15 is 0 Å². The first-order valence-electron chi connectivity index (χ1n) is 9.75. The van der Waals surface area contributed by atoms with Crippen molar-refractivity contribution in [1.29, 1.82) is 0 Å². The molecule has 0 saturated carbocycles. The quantitative estimate of drug-likeness (QED) is 0.137. The van der Waals surface area contributed by atoms with Crippen molar-refractivity contribution < 1.29 is 34.2 Å². The van der Waals surface area contributed by atoms with Gasteiger partial charge in [-0.1, -0.05) is 20.3 Å². The van der Waals surface area contributed by atoms with Crippen molar-refractivity contribution >= 4 is 41.4 Å². The number of rotatable bonds is 15. The van der Waals surface area contributed by atoms with Crippen LogP contribution in [0.1, 0.15) is 33.1 Å². The lowest BCUT2D eigenvalue weighted by Gasteiger charge is -2.27. The van der Waals surface area contributed by atoms with Crippen LogP contribution in [0.2, 0.25) is 0 Å². The Morgan fingerprint density at radius 3 is 2.03 bits per heavy atom. The Morgan fingerprint density at radius 1 is 1.00 bits per heavy atom. The van der Waals surface area contributed by atoms with E-state index < -0.39 is 66.8 Å². The number of carbonyl (C=O) groups excluding carboxylic acids is 4. The van der Waals surface area contributed by atoms with Gasteiger partial charge >= 0.3 is 5.97 Å². The summed E-state index contributed by atoms with van der Waals surface area (Å²) in [6.45, 7) is 2.69. The molecular weight excluding hydrogens is 430 g/mol. The molecule has 13 heteroatoms. The summed E-state index contributed by atoms with van der Waals surface area (Å²) in [5, 5.41) is 25.9. The molecule has 0 heterocycles. The fourth-order valence-electron chi connectivity index (χ4n) is 2.49. The van der Waals surface area contributed by atoms with Crippen molar-refractivity contribution in [2.24, 2.45) is 17.4 Å². The van der Waals surface area contributed by atoms with E-state index in [4.69, 9.17) is 11.5 Å². The van der Waals surface area contributed by atoms with E-state index in [1.165, 1.54) is 11.8 Å². The van der Waals surface area contributed by atoms with Crippen LogP contribution in [-0.2, 0) is 24.0 Å². The molecule has 0 rings (SSSR count). The molecule has 0 fully saturated rings. The molecule has 0 radical (unpaired) electrons. The molecule has 0 aromatic heterocycles. The molecule has 178 valence electrons. The van der Waals surface area contributed by atoms with Gasteiger partial charge in [0.15, 0.2) is 0 Å². The topological polar surface area (TPSA) is 214 Å². The lowest BCUT2D eigenvalue weighted by atomic mass is 9.97. The normalized spacial score (nSPS) is 15.6. The lowest BCUT2D eigenvalue weighted by Crippen LogP contribution is -2.59. The second-order valence-electron chi connectivity index (χ2n) is 7.07. The van der Waals surface area contributed by atoms with Gasteiger partial charge in [-0.2, -0.15) is 11.8 Å². The van der Waals surface area contributed by atoms with Gasteiger partial charge in [0.1, 0.15) is 18.1 Å². The molecule has 4 amide bonds. The Morgan fingerprint density at radius 2 is 1.58 bits per heavy atom. The molecule has 31 heavy (non-hydrogen) atoms. The highest BCUT2D eigenvalue weighted by molar-refractivity contribution is 7.98. The largest absolute Gasteiger partial charge is 0.480 e. The van der Waals surface area contributed by atoms with E-state index in [1.54, 1.807) is 13.8 Å². The first-order chi connectivity index (χ1) is 14.5. The van der Waals surface area contributed by atoms with Gasteiger partial charge in [0.05, 0.1) is 19.1 Å². The van der Waals surface area contributed by atoms with Gasteiger partial charge < -0.3 is 37.6 Å². The highest BCUT2D eigenvalue weighted by Gasteiger charge is 2.32. The zero-order valence-corrected chi connectivity index (χ0v) is 18.7. The Hall–Kier alpha value is -2.38. The molecule has 0 aromatic carbocycles. The maximum atomic E-state index is 12.7. The first-order valence-corrected chi connectivity index (χ1v) is 11.1. The van der Waals surface area contributed by atoms with Crippen LogP contribution < -0.4 is 27.4 Å². The molecular formula is C18H33N5O7S. The minimum atomic E-state index is -1.43. The number of carboxylic acid groups (broad SMARTS) is 1. The van der Waals surface area contributed by atoms with Crippen molar-refractivity contribution in [3.05, 3.63) is 0 Å². The summed E-state index contributed by atoms with van der Waals surface area (Å²) >= 11 is 1.43. The Labute approximate surface area is 185 Å². The van der Waals surface area contributed by atoms with Crippen LogP contribution >= 0.6 is 11.8 Å². The molecule has 12 nitrogen and oxygen atoms in total. The second kappa shape index (κ2) is 14.6. The minimum absolute atomic E-state index is 0.205. The molecule has 0 aromatic rings. The highest BCUT2D eigenvalue weighted by Crippen LogP contribution is 2.10. The van der Waals surface area contributed by atoms with Gasteiger partial charge in [-0.25, -0.2) is 4.79 Å². The molecule has 5 atom stereocenters. The summed E-state index contributed by atoms with van der Waals surface area (Å²) in [6.07, 6.45) is 2.05. The summed E-state index contributed by atoms with van der Waals surface area (Å²) in [5.41, 5.74) is 10.5. The number of hydrogen-bond acceptors (Lipinski definition) is 8. The van der Waals surface area contributed by atoms with Crippen molar-refractivity contribution in [2.45, 2.75) is 57.3 Å². The number of aliphatic carboxylic acids is 1. The second-order valence-corrected chi connectivity index (χ2v) is 8.06. The third kappa shape index (κ3) is 10.5. The number of nitrogens with two attached hydrogens (primary N) is 2. The van der Waals surface area contributed by atoms with E-state index in [0.717, 1.165) is 0 Å².